The van der Waals surface area contributed by atoms with Crippen molar-refractivity contribution in [3.8, 4) is 10.7 Å². The van der Waals surface area contributed by atoms with Crippen LogP contribution in [0.25, 0.3) is 21.6 Å². The molecule has 3 heterocycles. The Balaban J connectivity index is 1.62. The molecule has 0 saturated heterocycles. The Bertz CT molecular complexity index is 1260. The fourth-order valence-electron chi connectivity index (χ4n) is 2.84. The molecule has 0 fully saturated rings. The van der Waals surface area contributed by atoms with E-state index in [0.29, 0.717) is 33.0 Å². The molecule has 4 rings (SSSR count). The number of thiazole rings is 1. The molecule has 0 aliphatic rings. The molecule has 0 saturated carbocycles. The van der Waals surface area contributed by atoms with E-state index in [9.17, 15) is 4.79 Å². The molecular formula is C18H15ClN6OS2. The maximum Gasteiger partial charge on any atom is 0.273 e. The second kappa shape index (κ2) is 7.34. The Hall–Kier alpha value is -2.75. The number of benzene rings is 1. The van der Waals surface area contributed by atoms with Gasteiger partial charge < -0.3 is 4.98 Å². The van der Waals surface area contributed by atoms with E-state index >= 15 is 0 Å². The number of hydrogen-bond acceptors (Lipinski definition) is 5. The van der Waals surface area contributed by atoms with Gasteiger partial charge in [-0.2, -0.15) is 5.10 Å². The number of anilines is 1. The number of hydrogen-bond donors (Lipinski definition) is 3. The zero-order chi connectivity index (χ0) is 19.8. The van der Waals surface area contributed by atoms with Gasteiger partial charge in [-0.3, -0.25) is 19.8 Å². The fourth-order valence-corrected chi connectivity index (χ4v) is 4.18. The van der Waals surface area contributed by atoms with Crippen molar-refractivity contribution in [1.82, 2.24) is 24.7 Å². The van der Waals surface area contributed by atoms with Crippen LogP contribution in [0.2, 0.25) is 5.02 Å². The van der Waals surface area contributed by atoms with Crippen molar-refractivity contribution in [2.24, 2.45) is 0 Å². The molecule has 0 bridgehead atoms. The minimum atomic E-state index is -0.280. The average molecular weight is 431 g/mol. The maximum absolute atomic E-state index is 12.6. The summed E-state index contributed by atoms with van der Waals surface area (Å²) < 4.78 is 2.33. The Kier molecular flexibility index (Phi) is 4.88. The molecular weight excluding hydrogens is 416 g/mol. The zero-order valence-corrected chi connectivity index (χ0v) is 17.1. The molecule has 10 heteroatoms. The van der Waals surface area contributed by atoms with Crippen molar-refractivity contribution >= 4 is 57.1 Å². The molecule has 142 valence electrons. The standard InChI is InChI=1S/C18H15ClN6OS2/c1-3-6-25-15(23-24-18(25)27)14-9(2)20-17(28-14)22-16(26)13-8-10-7-11(19)4-5-12(10)21-13/h3-5,7-8,21H,1,6H2,2H3,(H,24,27)(H,20,22,26). The lowest BCUT2D eigenvalue weighted by atomic mass is 10.2. The molecule has 0 aliphatic carbocycles. The van der Waals surface area contributed by atoms with Crippen molar-refractivity contribution in [3.63, 3.8) is 0 Å². The quantitative estimate of drug-likeness (QED) is 0.308. The van der Waals surface area contributed by atoms with Gasteiger partial charge in [0.1, 0.15) is 5.69 Å². The summed E-state index contributed by atoms with van der Waals surface area (Å²) in [5.74, 6) is 0.387. The summed E-state index contributed by atoms with van der Waals surface area (Å²) in [6.45, 7) is 6.14. The van der Waals surface area contributed by atoms with Gasteiger partial charge in [-0.05, 0) is 43.4 Å². The van der Waals surface area contributed by atoms with E-state index in [1.807, 2.05) is 17.6 Å². The third-order valence-electron chi connectivity index (χ3n) is 4.12. The van der Waals surface area contributed by atoms with Crippen LogP contribution in [0.15, 0.2) is 36.9 Å². The maximum atomic E-state index is 12.6. The summed E-state index contributed by atoms with van der Waals surface area (Å²) >= 11 is 12.6. The third kappa shape index (κ3) is 3.39. The van der Waals surface area contributed by atoms with Crippen molar-refractivity contribution in [2.75, 3.05) is 5.32 Å². The van der Waals surface area contributed by atoms with Crippen LogP contribution in [0.1, 0.15) is 16.2 Å². The van der Waals surface area contributed by atoms with E-state index in [2.05, 4.69) is 32.1 Å². The Labute approximate surface area is 174 Å². The number of rotatable bonds is 5. The molecule has 0 unspecified atom stereocenters. The summed E-state index contributed by atoms with van der Waals surface area (Å²) in [4.78, 5) is 21.0. The van der Waals surface area contributed by atoms with E-state index in [4.69, 9.17) is 23.8 Å². The predicted molar refractivity (Wildman–Crippen MR) is 115 cm³/mol. The summed E-state index contributed by atoms with van der Waals surface area (Å²) in [6.07, 6.45) is 1.75. The second-order valence-electron chi connectivity index (χ2n) is 6.05. The summed E-state index contributed by atoms with van der Waals surface area (Å²) in [5.41, 5.74) is 2.02. The van der Waals surface area contributed by atoms with Crippen LogP contribution in [-0.2, 0) is 6.54 Å². The first kappa shape index (κ1) is 18.6. The van der Waals surface area contributed by atoms with Gasteiger partial charge in [0.05, 0.1) is 10.6 Å². The van der Waals surface area contributed by atoms with Gasteiger partial charge in [0.15, 0.2) is 15.7 Å². The highest BCUT2D eigenvalue weighted by molar-refractivity contribution is 7.71. The number of nitrogens with one attached hydrogen (secondary N) is 3. The zero-order valence-electron chi connectivity index (χ0n) is 14.7. The molecule has 0 radical (unpaired) electrons. The number of aromatic nitrogens is 5. The molecule has 4 aromatic rings. The van der Waals surface area contributed by atoms with Crippen LogP contribution in [-0.4, -0.2) is 30.6 Å². The lowest BCUT2D eigenvalue weighted by Crippen LogP contribution is -2.11. The SMILES string of the molecule is C=CCn1c(-c2sc(NC(=O)c3cc4cc(Cl)ccc4[nH]3)nc2C)n[nH]c1=S. The normalized spacial score (nSPS) is 11.1. The molecule has 28 heavy (non-hydrogen) atoms. The minimum Gasteiger partial charge on any atom is -0.351 e. The number of amides is 1. The van der Waals surface area contributed by atoms with Gasteiger partial charge in [0.2, 0.25) is 0 Å². The first-order valence-corrected chi connectivity index (χ1v) is 9.90. The summed E-state index contributed by atoms with van der Waals surface area (Å²) in [5, 5.41) is 11.9. The highest BCUT2D eigenvalue weighted by Gasteiger charge is 2.18. The number of carbonyl (C=O) groups is 1. The highest BCUT2D eigenvalue weighted by atomic mass is 35.5. The number of aromatic amines is 2. The van der Waals surface area contributed by atoms with Gasteiger partial charge in [-0.1, -0.05) is 29.0 Å². The van der Waals surface area contributed by atoms with E-state index in [0.717, 1.165) is 21.5 Å². The number of aryl methyl sites for hydroxylation is 1. The van der Waals surface area contributed by atoms with Gasteiger partial charge in [-0.15, -0.1) is 6.58 Å². The van der Waals surface area contributed by atoms with E-state index < -0.39 is 0 Å². The number of nitrogens with zero attached hydrogens (tertiary/aromatic N) is 3. The summed E-state index contributed by atoms with van der Waals surface area (Å²) in [7, 11) is 0. The van der Waals surface area contributed by atoms with Crippen LogP contribution >= 0.6 is 35.2 Å². The fraction of sp³-hybridized carbons (Fsp3) is 0.111. The number of carbonyl (C=O) groups excluding carboxylic acids is 1. The Morgan fingerprint density at radius 1 is 1.46 bits per heavy atom. The van der Waals surface area contributed by atoms with Gasteiger partial charge in [-0.25, -0.2) is 4.98 Å². The van der Waals surface area contributed by atoms with Crippen LogP contribution < -0.4 is 5.32 Å². The highest BCUT2D eigenvalue weighted by Crippen LogP contribution is 2.32. The third-order valence-corrected chi connectivity index (χ3v) is 5.73. The van der Waals surface area contributed by atoms with Crippen LogP contribution in [0.4, 0.5) is 5.13 Å². The monoisotopic (exact) mass is 430 g/mol. The lowest BCUT2D eigenvalue weighted by molar-refractivity contribution is 0.102. The van der Waals surface area contributed by atoms with Gasteiger partial charge in [0, 0.05) is 22.5 Å². The predicted octanol–water partition coefficient (Wildman–Crippen LogP) is 4.95. The Morgan fingerprint density at radius 2 is 2.29 bits per heavy atom. The lowest BCUT2D eigenvalue weighted by Gasteiger charge is -2.01. The van der Waals surface area contributed by atoms with Crippen molar-refractivity contribution in [3.05, 3.63) is 58.1 Å². The topological polar surface area (TPSA) is 91.4 Å². The van der Waals surface area contributed by atoms with Crippen molar-refractivity contribution in [1.29, 1.82) is 0 Å². The van der Waals surface area contributed by atoms with Crippen LogP contribution in [0.5, 0.6) is 0 Å². The van der Waals surface area contributed by atoms with Crippen LogP contribution in [0.3, 0.4) is 0 Å². The molecule has 1 amide bonds. The molecule has 0 spiro atoms. The summed E-state index contributed by atoms with van der Waals surface area (Å²) in [6, 6.07) is 7.17. The minimum absolute atomic E-state index is 0.280. The number of H-pyrrole nitrogens is 2. The number of fused-ring (bicyclic) bond motifs is 1. The average Bonchev–Trinajstić information content (AvgIpc) is 3.33. The van der Waals surface area contributed by atoms with E-state index in [-0.39, 0.29) is 5.91 Å². The Morgan fingerprint density at radius 3 is 3.07 bits per heavy atom. The van der Waals surface area contributed by atoms with E-state index in [1.54, 1.807) is 24.3 Å². The molecule has 3 aromatic heterocycles. The second-order valence-corrected chi connectivity index (χ2v) is 7.88. The van der Waals surface area contributed by atoms with Gasteiger partial charge in [0.25, 0.3) is 5.91 Å². The largest absolute Gasteiger partial charge is 0.351 e. The smallest absolute Gasteiger partial charge is 0.273 e. The van der Waals surface area contributed by atoms with E-state index in [1.165, 1.54) is 11.3 Å². The molecule has 0 aliphatic heterocycles. The van der Waals surface area contributed by atoms with Crippen molar-refractivity contribution < 1.29 is 4.79 Å². The van der Waals surface area contributed by atoms with Gasteiger partial charge >= 0.3 is 0 Å². The first-order chi connectivity index (χ1) is 13.5. The molecule has 0 atom stereocenters. The van der Waals surface area contributed by atoms with Crippen LogP contribution in [0, 0.1) is 11.7 Å². The molecule has 1 aromatic carbocycles. The molecule has 3 N–H and O–H groups in total. The molecule has 7 nitrogen and oxygen atoms in total. The van der Waals surface area contributed by atoms with Crippen molar-refractivity contribution in [2.45, 2.75) is 13.5 Å². The first-order valence-electron chi connectivity index (χ1n) is 8.30. The number of allylic oxidation sites excluding steroid dienone is 1. The number of halogens is 1.